The highest BCUT2D eigenvalue weighted by Gasteiger charge is 2.27. The lowest BCUT2D eigenvalue weighted by Crippen LogP contribution is -2.47. The maximum Gasteiger partial charge on any atom is 0.243 e. The molecule has 0 spiro atoms. The van der Waals surface area contributed by atoms with Crippen molar-refractivity contribution in [1.82, 2.24) is 19.5 Å². The Balaban J connectivity index is 1.58. The molecular weight excluding hydrogens is 362 g/mol. The fraction of sp³-hybridized carbons (Fsp3) is 0.368. The van der Waals surface area contributed by atoms with Crippen molar-refractivity contribution in [3.63, 3.8) is 0 Å². The van der Waals surface area contributed by atoms with Crippen LogP contribution in [-0.2, 0) is 17.1 Å². The molecule has 3 aromatic rings. The van der Waals surface area contributed by atoms with E-state index in [-0.39, 0.29) is 10.9 Å². The van der Waals surface area contributed by atoms with Gasteiger partial charge in [0.1, 0.15) is 4.90 Å². The standard InChI is InChI=1S/C19H23N5O2S/c1-14-9-15-5-3-7-18(19(15)20-10-14)27(25,26)22-16-6-4-8-24(12-16)17-11-21-23(2)13-17/h3,5,7,9-11,13,16,22H,4,6,8,12H2,1-2H3/t16-/m1/s1. The number of hydrogen-bond donors (Lipinski definition) is 1. The zero-order valence-electron chi connectivity index (χ0n) is 15.5. The smallest absolute Gasteiger partial charge is 0.243 e. The molecule has 3 heterocycles. The Kier molecular flexibility index (Phi) is 4.61. The van der Waals surface area contributed by atoms with Crippen LogP contribution in [0, 0.1) is 6.92 Å². The summed E-state index contributed by atoms with van der Waals surface area (Å²) in [5.74, 6) is 0. The highest BCUT2D eigenvalue weighted by atomic mass is 32.2. The number of piperidine rings is 1. The molecule has 1 N–H and O–H groups in total. The van der Waals surface area contributed by atoms with Gasteiger partial charge >= 0.3 is 0 Å². The number of para-hydroxylation sites is 1. The van der Waals surface area contributed by atoms with E-state index in [0.717, 1.165) is 36.0 Å². The number of anilines is 1. The number of sulfonamides is 1. The predicted molar refractivity (Wildman–Crippen MR) is 105 cm³/mol. The predicted octanol–water partition coefficient (Wildman–Crippen LogP) is 2.22. The van der Waals surface area contributed by atoms with Gasteiger partial charge in [0, 0.05) is 44.0 Å². The van der Waals surface area contributed by atoms with Gasteiger partial charge in [0.2, 0.25) is 10.0 Å². The third-order valence-corrected chi connectivity index (χ3v) is 6.45. The minimum atomic E-state index is -3.66. The number of benzene rings is 1. The fourth-order valence-electron chi connectivity index (χ4n) is 3.62. The highest BCUT2D eigenvalue weighted by molar-refractivity contribution is 7.89. The normalized spacial score (nSPS) is 18.1. The molecule has 27 heavy (non-hydrogen) atoms. The number of nitrogens with one attached hydrogen (secondary N) is 1. The second kappa shape index (κ2) is 6.94. The van der Waals surface area contributed by atoms with Gasteiger partial charge in [0.05, 0.1) is 17.4 Å². The zero-order valence-corrected chi connectivity index (χ0v) is 16.3. The van der Waals surface area contributed by atoms with E-state index in [0.29, 0.717) is 12.1 Å². The van der Waals surface area contributed by atoms with E-state index in [1.165, 1.54) is 0 Å². The van der Waals surface area contributed by atoms with Gasteiger partial charge in [0.25, 0.3) is 0 Å². The number of aryl methyl sites for hydroxylation is 2. The molecule has 0 saturated carbocycles. The van der Waals surface area contributed by atoms with Gasteiger partial charge in [-0.05, 0) is 37.5 Å². The van der Waals surface area contributed by atoms with Crippen LogP contribution in [-0.4, -0.2) is 42.3 Å². The lowest BCUT2D eigenvalue weighted by Gasteiger charge is -2.33. The van der Waals surface area contributed by atoms with Gasteiger partial charge in [-0.2, -0.15) is 5.10 Å². The van der Waals surface area contributed by atoms with Crippen LogP contribution in [0.3, 0.4) is 0 Å². The molecule has 2 aromatic heterocycles. The third-order valence-electron chi connectivity index (χ3n) is 4.90. The maximum absolute atomic E-state index is 13.1. The van der Waals surface area contributed by atoms with E-state index >= 15 is 0 Å². The topological polar surface area (TPSA) is 80.1 Å². The lowest BCUT2D eigenvalue weighted by molar-refractivity contribution is 0.466. The van der Waals surface area contributed by atoms with Crippen LogP contribution in [0.25, 0.3) is 10.9 Å². The molecule has 1 saturated heterocycles. The monoisotopic (exact) mass is 385 g/mol. The van der Waals surface area contributed by atoms with Crippen LogP contribution in [0.5, 0.6) is 0 Å². The van der Waals surface area contributed by atoms with Gasteiger partial charge < -0.3 is 4.90 Å². The first-order chi connectivity index (χ1) is 12.9. The van der Waals surface area contributed by atoms with Crippen molar-refractivity contribution in [2.24, 2.45) is 7.05 Å². The molecule has 0 radical (unpaired) electrons. The van der Waals surface area contributed by atoms with Crippen molar-refractivity contribution in [1.29, 1.82) is 0 Å². The van der Waals surface area contributed by atoms with Gasteiger partial charge in [-0.3, -0.25) is 9.67 Å². The Morgan fingerprint density at radius 2 is 2.11 bits per heavy atom. The molecule has 8 heteroatoms. The van der Waals surface area contributed by atoms with Crippen molar-refractivity contribution < 1.29 is 8.42 Å². The quantitative estimate of drug-likeness (QED) is 0.745. The second-order valence-electron chi connectivity index (χ2n) is 7.12. The van der Waals surface area contributed by atoms with Crippen LogP contribution in [0.15, 0.2) is 47.8 Å². The Morgan fingerprint density at radius 3 is 2.89 bits per heavy atom. The molecular formula is C19H23N5O2S. The number of nitrogens with zero attached hydrogens (tertiary/aromatic N) is 4. The molecule has 0 bridgehead atoms. The first kappa shape index (κ1) is 17.9. The van der Waals surface area contributed by atoms with Crippen molar-refractivity contribution in [3.8, 4) is 0 Å². The number of pyridine rings is 1. The summed E-state index contributed by atoms with van der Waals surface area (Å²) in [5.41, 5.74) is 2.53. The molecule has 0 aliphatic carbocycles. The Labute approximate surface area is 159 Å². The molecule has 0 amide bonds. The lowest BCUT2D eigenvalue weighted by atomic mass is 10.1. The van der Waals surface area contributed by atoms with Crippen molar-refractivity contribution >= 4 is 26.6 Å². The molecule has 1 aliphatic rings. The second-order valence-corrected chi connectivity index (χ2v) is 8.80. The summed E-state index contributed by atoms with van der Waals surface area (Å²) in [5, 5.41) is 5.04. The molecule has 1 aliphatic heterocycles. The average Bonchev–Trinajstić information content (AvgIpc) is 3.07. The summed E-state index contributed by atoms with van der Waals surface area (Å²) in [6, 6.07) is 7.07. The molecule has 7 nitrogen and oxygen atoms in total. The SMILES string of the molecule is Cc1cnc2c(S(=O)(=O)N[C@@H]3CCCN(c4cnn(C)c4)C3)cccc2c1. The minimum absolute atomic E-state index is 0.148. The number of hydrogen-bond acceptors (Lipinski definition) is 5. The van der Waals surface area contributed by atoms with Crippen LogP contribution >= 0.6 is 0 Å². The summed E-state index contributed by atoms with van der Waals surface area (Å²) in [6.45, 7) is 3.47. The van der Waals surface area contributed by atoms with Gasteiger partial charge in [0.15, 0.2) is 0 Å². The molecule has 4 rings (SSSR count). The van der Waals surface area contributed by atoms with E-state index in [9.17, 15) is 8.42 Å². The summed E-state index contributed by atoms with van der Waals surface area (Å²) in [6.07, 6.45) is 7.20. The average molecular weight is 385 g/mol. The van der Waals surface area contributed by atoms with Crippen molar-refractivity contribution in [3.05, 3.63) is 48.4 Å². The molecule has 1 fully saturated rings. The van der Waals surface area contributed by atoms with Crippen LogP contribution in [0.1, 0.15) is 18.4 Å². The number of fused-ring (bicyclic) bond motifs is 1. The van der Waals surface area contributed by atoms with Crippen molar-refractivity contribution in [2.45, 2.75) is 30.7 Å². The molecule has 142 valence electrons. The molecule has 1 atom stereocenters. The zero-order chi connectivity index (χ0) is 19.0. The van der Waals surface area contributed by atoms with E-state index in [2.05, 4.69) is 19.7 Å². The van der Waals surface area contributed by atoms with Crippen LogP contribution in [0.2, 0.25) is 0 Å². The Morgan fingerprint density at radius 1 is 1.26 bits per heavy atom. The first-order valence-electron chi connectivity index (χ1n) is 9.04. The number of aromatic nitrogens is 3. The third kappa shape index (κ3) is 3.68. The Hall–Kier alpha value is -2.45. The summed E-state index contributed by atoms with van der Waals surface area (Å²) < 4.78 is 30.8. The van der Waals surface area contributed by atoms with Crippen LogP contribution < -0.4 is 9.62 Å². The highest BCUT2D eigenvalue weighted by Crippen LogP contribution is 2.24. The van der Waals surface area contributed by atoms with E-state index < -0.39 is 10.0 Å². The van der Waals surface area contributed by atoms with Gasteiger partial charge in [-0.15, -0.1) is 0 Å². The van der Waals surface area contributed by atoms with Crippen molar-refractivity contribution in [2.75, 3.05) is 18.0 Å². The molecule has 1 aromatic carbocycles. The van der Waals surface area contributed by atoms with E-state index in [1.54, 1.807) is 23.0 Å². The van der Waals surface area contributed by atoms with E-state index in [4.69, 9.17) is 0 Å². The fourth-order valence-corrected chi connectivity index (χ4v) is 5.06. The van der Waals surface area contributed by atoms with E-state index in [1.807, 2.05) is 38.5 Å². The van der Waals surface area contributed by atoms with Gasteiger partial charge in [-0.1, -0.05) is 12.1 Å². The van der Waals surface area contributed by atoms with Gasteiger partial charge in [-0.25, -0.2) is 13.1 Å². The Bertz CT molecular complexity index is 1080. The first-order valence-corrected chi connectivity index (χ1v) is 10.5. The molecule has 0 unspecified atom stereocenters. The maximum atomic E-state index is 13.1. The summed E-state index contributed by atoms with van der Waals surface area (Å²) in [7, 11) is -1.78. The summed E-state index contributed by atoms with van der Waals surface area (Å²) in [4.78, 5) is 6.77. The minimum Gasteiger partial charge on any atom is -0.367 e. The summed E-state index contributed by atoms with van der Waals surface area (Å²) >= 11 is 0. The largest absolute Gasteiger partial charge is 0.367 e. The van der Waals surface area contributed by atoms with Crippen LogP contribution in [0.4, 0.5) is 5.69 Å². The number of rotatable bonds is 4.